The van der Waals surface area contributed by atoms with Crippen LogP contribution in [0.25, 0.3) is 0 Å². The first kappa shape index (κ1) is 13.0. The molecule has 0 heterocycles. The molecule has 0 radical (unpaired) electrons. The lowest BCUT2D eigenvalue weighted by atomic mass is 10.2. The summed E-state index contributed by atoms with van der Waals surface area (Å²) in [4.78, 5) is 0. The van der Waals surface area contributed by atoms with Crippen LogP contribution in [0.2, 0.25) is 5.02 Å². The number of alkyl halides is 1. The molecule has 0 aliphatic rings. The summed E-state index contributed by atoms with van der Waals surface area (Å²) in [6.45, 7) is 0.138. The molecular weight excluding hydrogens is 254 g/mol. The van der Waals surface area contributed by atoms with Crippen molar-refractivity contribution in [1.82, 2.24) is 0 Å². The summed E-state index contributed by atoms with van der Waals surface area (Å²) in [6.07, 6.45) is -0.757. The number of nitrogens with zero attached hydrogens (tertiary/aromatic N) is 1. The van der Waals surface area contributed by atoms with Gasteiger partial charge in [0, 0.05) is 6.54 Å². The summed E-state index contributed by atoms with van der Waals surface area (Å²) in [5.74, 6) is -0.561. The van der Waals surface area contributed by atoms with Crippen molar-refractivity contribution >= 4 is 28.9 Å². The van der Waals surface area contributed by atoms with Gasteiger partial charge in [-0.25, -0.2) is 4.39 Å². The fourth-order valence-corrected chi connectivity index (χ4v) is 1.34. The van der Waals surface area contributed by atoms with E-state index in [1.807, 2.05) is 6.07 Å². The van der Waals surface area contributed by atoms with Crippen LogP contribution in [0.3, 0.4) is 0 Å². The highest BCUT2D eigenvalue weighted by Gasteiger charge is 2.09. The van der Waals surface area contributed by atoms with E-state index in [2.05, 4.69) is 5.32 Å². The van der Waals surface area contributed by atoms with Crippen molar-refractivity contribution in [2.45, 2.75) is 6.10 Å². The fourth-order valence-electron chi connectivity index (χ4n) is 1.07. The van der Waals surface area contributed by atoms with Gasteiger partial charge in [0.05, 0.1) is 28.3 Å². The van der Waals surface area contributed by atoms with Crippen LogP contribution in [0.1, 0.15) is 5.56 Å². The van der Waals surface area contributed by atoms with Crippen molar-refractivity contribution in [3.05, 3.63) is 28.5 Å². The van der Waals surface area contributed by atoms with E-state index >= 15 is 0 Å². The summed E-state index contributed by atoms with van der Waals surface area (Å²) in [5, 5.41) is 20.6. The van der Waals surface area contributed by atoms with E-state index in [0.717, 1.165) is 6.07 Å². The molecule has 86 valence electrons. The van der Waals surface area contributed by atoms with Crippen molar-refractivity contribution in [3.63, 3.8) is 0 Å². The van der Waals surface area contributed by atoms with Crippen molar-refractivity contribution in [2.24, 2.45) is 0 Å². The van der Waals surface area contributed by atoms with E-state index in [1.54, 1.807) is 0 Å². The van der Waals surface area contributed by atoms with Crippen LogP contribution >= 0.6 is 23.2 Å². The highest BCUT2D eigenvalue weighted by molar-refractivity contribution is 6.31. The van der Waals surface area contributed by atoms with Crippen molar-refractivity contribution in [3.8, 4) is 6.07 Å². The van der Waals surface area contributed by atoms with Crippen molar-refractivity contribution in [2.75, 3.05) is 17.7 Å². The van der Waals surface area contributed by atoms with Gasteiger partial charge in [-0.3, -0.25) is 0 Å². The number of nitrogens with one attached hydrogen (secondary N) is 1. The van der Waals surface area contributed by atoms with Gasteiger partial charge in [-0.2, -0.15) is 5.26 Å². The van der Waals surface area contributed by atoms with Gasteiger partial charge >= 0.3 is 0 Å². The zero-order valence-electron chi connectivity index (χ0n) is 8.17. The van der Waals surface area contributed by atoms with Crippen LogP contribution in [0.4, 0.5) is 10.1 Å². The number of hydrogen-bond donors (Lipinski definition) is 2. The quantitative estimate of drug-likeness (QED) is 0.820. The Bertz CT molecular complexity index is 420. The number of benzene rings is 1. The summed E-state index contributed by atoms with van der Waals surface area (Å²) in [6, 6.07) is 4.22. The normalized spacial score (nSPS) is 11.9. The lowest BCUT2D eigenvalue weighted by Crippen LogP contribution is -2.21. The van der Waals surface area contributed by atoms with E-state index < -0.39 is 11.9 Å². The molecule has 0 bridgehead atoms. The molecule has 1 aromatic rings. The molecule has 0 aliphatic carbocycles. The van der Waals surface area contributed by atoms with Gasteiger partial charge < -0.3 is 10.4 Å². The number of halogens is 3. The third-order valence-electron chi connectivity index (χ3n) is 1.89. The second-order valence-corrected chi connectivity index (χ2v) is 3.83. The second kappa shape index (κ2) is 5.90. The number of aliphatic hydroxyl groups is 1. The topological polar surface area (TPSA) is 56.0 Å². The Morgan fingerprint density at radius 2 is 2.25 bits per heavy atom. The molecule has 0 saturated heterocycles. The van der Waals surface area contributed by atoms with Gasteiger partial charge in [0.2, 0.25) is 0 Å². The van der Waals surface area contributed by atoms with Crippen LogP contribution in [-0.2, 0) is 0 Å². The van der Waals surface area contributed by atoms with Crippen molar-refractivity contribution in [1.29, 1.82) is 5.26 Å². The predicted molar refractivity (Wildman–Crippen MR) is 61.3 cm³/mol. The van der Waals surface area contributed by atoms with Gasteiger partial charge in [0.25, 0.3) is 0 Å². The molecule has 6 heteroatoms. The molecule has 0 aromatic heterocycles. The van der Waals surface area contributed by atoms with Crippen LogP contribution < -0.4 is 5.32 Å². The molecular formula is C10H9Cl2FN2O. The summed E-state index contributed by atoms with van der Waals surface area (Å²) >= 11 is 10.9. The molecule has 1 atom stereocenters. The average Bonchev–Trinajstić information content (AvgIpc) is 2.29. The minimum atomic E-state index is -0.757. The predicted octanol–water partition coefficient (Wildman–Crippen LogP) is 2.36. The first-order valence-electron chi connectivity index (χ1n) is 4.45. The van der Waals surface area contributed by atoms with E-state index in [0.29, 0.717) is 0 Å². The lowest BCUT2D eigenvalue weighted by molar-refractivity contribution is 0.211. The van der Waals surface area contributed by atoms with Gasteiger partial charge in [-0.15, -0.1) is 11.6 Å². The maximum Gasteiger partial charge on any atom is 0.143 e. The Balaban J connectivity index is 2.87. The molecule has 0 spiro atoms. The molecule has 0 aliphatic heterocycles. The molecule has 3 nitrogen and oxygen atoms in total. The van der Waals surface area contributed by atoms with E-state index in [4.69, 9.17) is 28.5 Å². The Kier molecular flexibility index (Phi) is 4.81. The molecule has 1 aromatic carbocycles. The molecule has 0 fully saturated rings. The molecule has 16 heavy (non-hydrogen) atoms. The minimum Gasteiger partial charge on any atom is -0.390 e. The highest BCUT2D eigenvalue weighted by Crippen LogP contribution is 2.23. The molecule has 2 N–H and O–H groups in total. The Hall–Kier alpha value is -1.02. The molecule has 1 unspecified atom stereocenters. The Morgan fingerprint density at radius 3 is 2.81 bits per heavy atom. The van der Waals surface area contributed by atoms with Gasteiger partial charge in [0.1, 0.15) is 11.9 Å². The Morgan fingerprint density at radius 1 is 1.56 bits per heavy atom. The highest BCUT2D eigenvalue weighted by atomic mass is 35.5. The van der Waals surface area contributed by atoms with E-state index in [1.165, 1.54) is 6.07 Å². The first-order valence-corrected chi connectivity index (χ1v) is 5.36. The number of anilines is 1. The van der Waals surface area contributed by atoms with E-state index in [-0.39, 0.29) is 28.7 Å². The molecule has 1 rings (SSSR count). The number of hydrogen-bond acceptors (Lipinski definition) is 3. The van der Waals surface area contributed by atoms with Crippen LogP contribution in [-0.4, -0.2) is 23.6 Å². The van der Waals surface area contributed by atoms with E-state index in [9.17, 15) is 9.50 Å². The fraction of sp³-hybridized carbons (Fsp3) is 0.300. The molecule has 0 saturated carbocycles. The minimum absolute atomic E-state index is 0.0605. The van der Waals surface area contributed by atoms with Crippen molar-refractivity contribution < 1.29 is 9.50 Å². The van der Waals surface area contributed by atoms with Crippen LogP contribution in [0.15, 0.2) is 12.1 Å². The summed E-state index contributed by atoms with van der Waals surface area (Å²) in [7, 11) is 0. The number of aliphatic hydroxyl groups excluding tert-OH is 1. The third-order valence-corrected chi connectivity index (χ3v) is 2.53. The lowest BCUT2D eigenvalue weighted by Gasteiger charge is -2.11. The van der Waals surface area contributed by atoms with Crippen LogP contribution in [0, 0.1) is 17.1 Å². The summed E-state index contributed by atoms with van der Waals surface area (Å²) in [5.41, 5.74) is 0.502. The number of rotatable bonds is 4. The zero-order chi connectivity index (χ0) is 12.1. The largest absolute Gasteiger partial charge is 0.390 e. The van der Waals surface area contributed by atoms with Gasteiger partial charge in [-0.05, 0) is 12.1 Å². The Labute approximate surface area is 102 Å². The first-order chi connectivity index (χ1) is 7.58. The maximum atomic E-state index is 13.1. The SMILES string of the molecule is N#Cc1cc(Cl)c(F)cc1NCC(O)CCl. The standard InChI is InChI=1S/C10H9Cl2FN2O/c11-3-7(16)5-15-10-2-9(13)8(12)1-6(10)4-14/h1-2,7,15-16H,3,5H2. The van der Waals surface area contributed by atoms with Gasteiger partial charge in [0.15, 0.2) is 0 Å². The zero-order valence-corrected chi connectivity index (χ0v) is 9.69. The smallest absolute Gasteiger partial charge is 0.143 e. The number of nitriles is 1. The monoisotopic (exact) mass is 262 g/mol. The average molecular weight is 263 g/mol. The third kappa shape index (κ3) is 3.24. The molecule has 0 amide bonds. The maximum absolute atomic E-state index is 13.1. The second-order valence-electron chi connectivity index (χ2n) is 3.11. The summed E-state index contributed by atoms with van der Waals surface area (Å²) < 4.78 is 13.1. The van der Waals surface area contributed by atoms with Gasteiger partial charge in [-0.1, -0.05) is 11.6 Å². The van der Waals surface area contributed by atoms with Crippen LogP contribution in [0.5, 0.6) is 0 Å².